The third-order valence-corrected chi connectivity index (χ3v) is 13.6. The molecule has 0 bridgehead atoms. The van der Waals surface area contributed by atoms with Gasteiger partial charge in [-0.05, 0) is 130 Å². The van der Waals surface area contributed by atoms with Crippen LogP contribution in [0.3, 0.4) is 0 Å². The molecular weight excluding hydrogens is 733 g/mol. The summed E-state index contributed by atoms with van der Waals surface area (Å²) in [5, 5.41) is 2.72. The van der Waals surface area contributed by atoms with Crippen LogP contribution in [0.1, 0.15) is 133 Å². The largest absolute Gasteiger partial charge is 0.0622 e. The van der Waals surface area contributed by atoms with Gasteiger partial charge in [-0.1, -0.05) is 238 Å². The highest BCUT2D eigenvalue weighted by atomic mass is 14.3. The first-order chi connectivity index (χ1) is 30.1. The highest BCUT2D eigenvalue weighted by Crippen LogP contribution is 2.47. The van der Waals surface area contributed by atoms with E-state index in [2.05, 4.69) is 238 Å². The van der Waals surface area contributed by atoms with Gasteiger partial charge in [0.2, 0.25) is 0 Å². The Morgan fingerprint density at radius 2 is 0.525 bits per heavy atom. The van der Waals surface area contributed by atoms with E-state index in [0.717, 1.165) is 38.5 Å². The molecule has 0 aliphatic carbocycles. The summed E-state index contributed by atoms with van der Waals surface area (Å²) in [4.78, 5) is 0. The van der Waals surface area contributed by atoms with Crippen LogP contribution in [-0.2, 0) is 0 Å². The fraction of sp³-hybridized carbons (Fsp3) is 0.246. The Morgan fingerprint density at radius 1 is 0.246 bits per heavy atom. The summed E-state index contributed by atoms with van der Waals surface area (Å²) >= 11 is 0. The molecule has 0 radical (unpaired) electrons. The number of hydrogen-bond donors (Lipinski definition) is 0. The summed E-state index contributed by atoms with van der Waals surface area (Å²) in [5.41, 5.74) is 10.2. The Morgan fingerprint density at radius 3 is 0.902 bits per heavy atom. The van der Waals surface area contributed by atoms with Crippen LogP contribution in [0.25, 0.3) is 10.8 Å². The quantitative estimate of drug-likeness (QED) is 0.0765. The van der Waals surface area contributed by atoms with Crippen molar-refractivity contribution in [3.63, 3.8) is 0 Å². The van der Waals surface area contributed by atoms with E-state index >= 15 is 0 Å². The van der Waals surface area contributed by atoms with Gasteiger partial charge in [-0.15, -0.1) is 0 Å². The molecule has 0 heterocycles. The zero-order chi connectivity index (χ0) is 41.6. The molecule has 0 fully saturated rings. The van der Waals surface area contributed by atoms with Gasteiger partial charge < -0.3 is 0 Å². The lowest BCUT2D eigenvalue weighted by molar-refractivity contribution is 0.387. The summed E-state index contributed by atoms with van der Waals surface area (Å²) < 4.78 is 0. The van der Waals surface area contributed by atoms with E-state index in [9.17, 15) is 0 Å². The second-order valence-corrected chi connectivity index (χ2v) is 17.7. The molecule has 0 N–H and O–H groups in total. The zero-order valence-corrected chi connectivity index (χ0v) is 36.1. The van der Waals surface area contributed by atoms with E-state index in [0.29, 0.717) is 41.4 Å². The van der Waals surface area contributed by atoms with Gasteiger partial charge in [-0.2, -0.15) is 0 Å². The maximum Gasteiger partial charge on any atom is -0.0144 e. The van der Waals surface area contributed by atoms with E-state index in [1.807, 2.05) is 0 Å². The molecule has 8 aromatic carbocycles. The molecule has 7 unspecified atom stereocenters. The minimum absolute atomic E-state index is 0.351. The molecule has 61 heavy (non-hydrogen) atoms. The predicted molar refractivity (Wildman–Crippen MR) is 261 cm³/mol. The first-order valence-electron chi connectivity index (χ1n) is 22.9. The highest BCUT2D eigenvalue weighted by molar-refractivity contribution is 5.86. The van der Waals surface area contributed by atoms with Crippen LogP contribution < -0.4 is 0 Å². The van der Waals surface area contributed by atoms with Crippen molar-refractivity contribution in [2.24, 2.45) is 0 Å². The third kappa shape index (κ3) is 11.0. The van der Waals surface area contributed by atoms with Gasteiger partial charge in [0.05, 0.1) is 0 Å². The molecule has 0 saturated heterocycles. The Bertz CT molecular complexity index is 2450. The van der Waals surface area contributed by atoms with Gasteiger partial charge in [0.1, 0.15) is 0 Å². The molecule has 0 aliphatic rings. The van der Waals surface area contributed by atoms with E-state index in [4.69, 9.17) is 0 Å². The van der Waals surface area contributed by atoms with Crippen molar-refractivity contribution >= 4 is 10.8 Å². The highest BCUT2D eigenvalue weighted by Gasteiger charge is 2.30. The molecule has 8 rings (SSSR count). The molecular formula is C61H62. The fourth-order valence-corrected chi connectivity index (χ4v) is 10.4. The summed E-state index contributed by atoms with van der Waals surface area (Å²) in [6, 6.07) is 84.2. The standard InChI is InChI=1S/C61H62/c1-46(48-24-9-3-10-25-48)40-55(50-28-13-5-14-29-50)42-57(52-32-17-7-18-33-52)43-58(53-34-19-8-20-35-53)45-59(61-39-23-37-54-36-21-22-38-60(54)61)44-56(51-30-15-6-16-31-51)41-47(2)49-26-11-4-12-27-49/h3-39,46-47,55-59H,40-45H2,1-2H3. The van der Waals surface area contributed by atoms with Crippen molar-refractivity contribution in [1.82, 2.24) is 0 Å². The van der Waals surface area contributed by atoms with Gasteiger partial charge >= 0.3 is 0 Å². The van der Waals surface area contributed by atoms with Crippen LogP contribution >= 0.6 is 0 Å². The fourth-order valence-electron chi connectivity index (χ4n) is 10.4. The van der Waals surface area contributed by atoms with Crippen LogP contribution in [0.2, 0.25) is 0 Å². The second-order valence-electron chi connectivity index (χ2n) is 17.7. The average Bonchev–Trinajstić information content (AvgIpc) is 3.34. The normalized spacial score (nSPS) is 15.0. The number of fused-ring (bicyclic) bond motifs is 1. The molecule has 8 aromatic rings. The van der Waals surface area contributed by atoms with E-state index < -0.39 is 0 Å². The molecule has 0 amide bonds. The van der Waals surface area contributed by atoms with Gasteiger partial charge in [-0.25, -0.2) is 0 Å². The summed E-state index contributed by atoms with van der Waals surface area (Å²) in [7, 11) is 0. The van der Waals surface area contributed by atoms with Crippen LogP contribution in [0.5, 0.6) is 0 Å². The molecule has 0 spiro atoms. The maximum atomic E-state index is 2.45. The van der Waals surface area contributed by atoms with Crippen molar-refractivity contribution in [3.05, 3.63) is 263 Å². The van der Waals surface area contributed by atoms with E-state index in [1.165, 1.54) is 49.7 Å². The van der Waals surface area contributed by atoms with Crippen molar-refractivity contribution < 1.29 is 0 Å². The van der Waals surface area contributed by atoms with Crippen molar-refractivity contribution in [3.8, 4) is 0 Å². The minimum atomic E-state index is 0.351. The summed E-state index contributed by atoms with van der Waals surface area (Å²) in [5.74, 6) is 2.83. The number of rotatable bonds is 19. The predicted octanol–water partition coefficient (Wildman–Crippen LogP) is 17.0. The van der Waals surface area contributed by atoms with E-state index in [-0.39, 0.29) is 0 Å². The molecule has 0 saturated carbocycles. The molecule has 7 atom stereocenters. The van der Waals surface area contributed by atoms with Gasteiger partial charge in [-0.3, -0.25) is 0 Å². The summed E-state index contributed by atoms with van der Waals surface area (Å²) in [6.07, 6.45) is 6.60. The van der Waals surface area contributed by atoms with Crippen LogP contribution in [0, 0.1) is 0 Å². The molecule has 0 aromatic heterocycles. The minimum Gasteiger partial charge on any atom is -0.0622 e. The van der Waals surface area contributed by atoms with Crippen LogP contribution in [0.4, 0.5) is 0 Å². The number of benzene rings is 8. The first-order valence-corrected chi connectivity index (χ1v) is 22.9. The Labute approximate surface area is 366 Å². The number of hydrogen-bond acceptors (Lipinski definition) is 0. The smallest absolute Gasteiger partial charge is 0.0144 e. The van der Waals surface area contributed by atoms with Gasteiger partial charge in [0.25, 0.3) is 0 Å². The van der Waals surface area contributed by atoms with Gasteiger partial charge in [0, 0.05) is 0 Å². The van der Waals surface area contributed by atoms with Crippen molar-refractivity contribution in [1.29, 1.82) is 0 Å². The zero-order valence-electron chi connectivity index (χ0n) is 36.1. The molecule has 0 nitrogen and oxygen atoms in total. The van der Waals surface area contributed by atoms with Crippen LogP contribution in [0.15, 0.2) is 224 Å². The molecule has 0 heteroatoms. The second kappa shape index (κ2) is 21.0. The maximum absolute atomic E-state index is 2.45. The summed E-state index contributed by atoms with van der Waals surface area (Å²) in [6.45, 7) is 4.85. The topological polar surface area (TPSA) is 0 Å². The lowest BCUT2D eigenvalue weighted by Crippen LogP contribution is -2.17. The first kappa shape index (κ1) is 41.7. The SMILES string of the molecule is CC(CC(CC(CC(CC(CC(CC(C)c1ccccc1)c1ccccc1)c1cccc2ccccc12)c1ccccc1)c1ccccc1)c1ccccc1)c1ccccc1. The Hall–Kier alpha value is -5.98. The lowest BCUT2D eigenvalue weighted by Gasteiger charge is -2.33. The molecule has 306 valence electrons. The molecule has 0 aliphatic heterocycles. The third-order valence-electron chi connectivity index (χ3n) is 13.6. The average molecular weight is 795 g/mol. The van der Waals surface area contributed by atoms with Gasteiger partial charge in [0.15, 0.2) is 0 Å². The monoisotopic (exact) mass is 794 g/mol. The van der Waals surface area contributed by atoms with Crippen LogP contribution in [-0.4, -0.2) is 0 Å². The van der Waals surface area contributed by atoms with E-state index in [1.54, 1.807) is 0 Å². The lowest BCUT2D eigenvalue weighted by atomic mass is 9.71. The Balaban J connectivity index is 1.19. The van der Waals surface area contributed by atoms with Crippen molar-refractivity contribution in [2.45, 2.75) is 93.8 Å². The van der Waals surface area contributed by atoms with Crippen molar-refractivity contribution in [2.75, 3.05) is 0 Å². The Kier molecular flexibility index (Phi) is 14.4.